The van der Waals surface area contributed by atoms with Crippen LogP contribution in [0.5, 0.6) is 0 Å². The predicted molar refractivity (Wildman–Crippen MR) is 98.1 cm³/mol. The maximum Gasteiger partial charge on any atom is 0.222 e. The van der Waals surface area contributed by atoms with Gasteiger partial charge in [-0.05, 0) is 44.1 Å². The van der Waals surface area contributed by atoms with Crippen molar-refractivity contribution in [3.8, 4) is 0 Å². The van der Waals surface area contributed by atoms with Crippen LogP contribution in [0.15, 0.2) is 36.7 Å². The molecule has 25 heavy (non-hydrogen) atoms. The van der Waals surface area contributed by atoms with E-state index in [0.717, 1.165) is 57.6 Å². The summed E-state index contributed by atoms with van der Waals surface area (Å²) in [7, 11) is 0. The second kappa shape index (κ2) is 8.79. The first-order valence-corrected chi connectivity index (χ1v) is 9.44. The number of hydrogen-bond donors (Lipinski definition) is 0. The molecule has 0 saturated carbocycles. The van der Waals surface area contributed by atoms with E-state index in [1.807, 2.05) is 11.0 Å². The third-order valence-electron chi connectivity index (χ3n) is 5.17. The highest BCUT2D eigenvalue weighted by Gasteiger charge is 2.23. The number of nitrogens with zero attached hydrogens (tertiary/aromatic N) is 4. The zero-order valence-corrected chi connectivity index (χ0v) is 15.1. The van der Waals surface area contributed by atoms with Gasteiger partial charge in [-0.3, -0.25) is 4.79 Å². The summed E-state index contributed by atoms with van der Waals surface area (Å²) in [4.78, 5) is 14.5. The van der Waals surface area contributed by atoms with Gasteiger partial charge in [-0.15, -0.1) is 10.2 Å². The van der Waals surface area contributed by atoms with E-state index in [0.29, 0.717) is 18.2 Å². The zero-order chi connectivity index (χ0) is 17.5. The van der Waals surface area contributed by atoms with E-state index >= 15 is 0 Å². The lowest BCUT2D eigenvalue weighted by atomic mass is 9.93. The van der Waals surface area contributed by atoms with Gasteiger partial charge in [0.05, 0.1) is 0 Å². The molecule has 0 N–H and O–H groups in total. The molecule has 0 aliphatic carbocycles. The van der Waals surface area contributed by atoms with Gasteiger partial charge in [-0.2, -0.15) is 0 Å². The Labute approximate surface area is 150 Å². The third kappa shape index (κ3) is 4.91. The van der Waals surface area contributed by atoms with Crippen molar-refractivity contribution in [1.82, 2.24) is 19.7 Å². The molecule has 2 aromatic rings. The number of amides is 1. The molecule has 2 heterocycles. The Bertz CT molecular complexity index is 659. The number of rotatable bonds is 7. The predicted octanol–water partition coefficient (Wildman–Crippen LogP) is 3.10. The molecule has 0 radical (unpaired) electrons. The summed E-state index contributed by atoms with van der Waals surface area (Å²) in [5, 5.41) is 8.25. The van der Waals surface area contributed by atoms with Crippen molar-refractivity contribution in [2.24, 2.45) is 5.92 Å². The van der Waals surface area contributed by atoms with Crippen molar-refractivity contribution in [3.63, 3.8) is 0 Å². The highest BCUT2D eigenvalue weighted by Crippen LogP contribution is 2.21. The third-order valence-corrected chi connectivity index (χ3v) is 5.17. The highest BCUT2D eigenvalue weighted by atomic mass is 16.2. The Morgan fingerprint density at radius 3 is 2.68 bits per heavy atom. The number of carbonyl (C=O) groups is 1. The Hall–Kier alpha value is -2.17. The summed E-state index contributed by atoms with van der Waals surface area (Å²) in [6.07, 6.45) is 7.49. The van der Waals surface area contributed by atoms with Crippen LogP contribution in [0.3, 0.4) is 0 Å². The lowest BCUT2D eigenvalue weighted by molar-refractivity contribution is -0.132. The molecule has 3 rings (SSSR count). The average molecular weight is 340 g/mol. The molecule has 1 saturated heterocycles. The van der Waals surface area contributed by atoms with Crippen molar-refractivity contribution in [3.05, 3.63) is 48.0 Å². The van der Waals surface area contributed by atoms with Crippen LogP contribution in [0.1, 0.15) is 44.0 Å². The van der Waals surface area contributed by atoms with Gasteiger partial charge < -0.3 is 9.47 Å². The lowest BCUT2D eigenvalue weighted by Gasteiger charge is -2.32. The van der Waals surface area contributed by atoms with Gasteiger partial charge in [0.25, 0.3) is 0 Å². The number of aryl methyl sites for hydroxylation is 2. The number of hydrogen-bond acceptors (Lipinski definition) is 3. The van der Waals surface area contributed by atoms with Gasteiger partial charge in [0.2, 0.25) is 5.91 Å². The number of aromatic nitrogens is 3. The topological polar surface area (TPSA) is 51.0 Å². The summed E-state index contributed by atoms with van der Waals surface area (Å²) in [6.45, 7) is 4.80. The standard InChI is InChI=1S/C20H28N4O/c1-2-23-16-21-22-19(23)15-18-11-13-24(14-12-18)20(25)10-6-9-17-7-4-3-5-8-17/h3-5,7-8,16,18H,2,6,9-15H2,1H3. The molecule has 1 aromatic heterocycles. The van der Waals surface area contributed by atoms with Crippen molar-refractivity contribution < 1.29 is 4.79 Å². The van der Waals surface area contributed by atoms with Gasteiger partial charge in [0.15, 0.2) is 0 Å². The maximum atomic E-state index is 12.4. The second-order valence-electron chi connectivity index (χ2n) is 6.90. The van der Waals surface area contributed by atoms with Crippen LogP contribution in [0.25, 0.3) is 0 Å². The summed E-state index contributed by atoms with van der Waals surface area (Å²) in [5.74, 6) is 2.00. The Morgan fingerprint density at radius 2 is 1.96 bits per heavy atom. The van der Waals surface area contributed by atoms with Crippen molar-refractivity contribution >= 4 is 5.91 Å². The number of piperidine rings is 1. The Balaban J connectivity index is 1.39. The fourth-order valence-electron chi connectivity index (χ4n) is 3.59. The number of benzene rings is 1. The minimum atomic E-state index is 0.311. The molecule has 1 aliphatic rings. The summed E-state index contributed by atoms with van der Waals surface area (Å²) in [5.41, 5.74) is 1.31. The Kier molecular flexibility index (Phi) is 6.20. The highest BCUT2D eigenvalue weighted by molar-refractivity contribution is 5.76. The molecular formula is C20H28N4O. The van der Waals surface area contributed by atoms with Crippen LogP contribution in [0, 0.1) is 5.92 Å². The molecule has 1 amide bonds. The van der Waals surface area contributed by atoms with Gasteiger partial charge in [0.1, 0.15) is 12.2 Å². The molecule has 1 fully saturated rings. The second-order valence-corrected chi connectivity index (χ2v) is 6.90. The van der Waals surface area contributed by atoms with Crippen LogP contribution >= 0.6 is 0 Å². The smallest absolute Gasteiger partial charge is 0.222 e. The SMILES string of the molecule is CCn1cnnc1CC1CCN(C(=O)CCCc2ccccc2)CC1. The van der Waals surface area contributed by atoms with E-state index < -0.39 is 0 Å². The van der Waals surface area contributed by atoms with Crippen molar-refractivity contribution in [2.45, 2.75) is 52.0 Å². The fourth-order valence-corrected chi connectivity index (χ4v) is 3.59. The van der Waals surface area contributed by atoms with Crippen LogP contribution < -0.4 is 0 Å². The zero-order valence-electron chi connectivity index (χ0n) is 15.1. The van der Waals surface area contributed by atoms with E-state index in [9.17, 15) is 4.79 Å². The first-order valence-electron chi connectivity index (χ1n) is 9.44. The molecule has 0 atom stereocenters. The van der Waals surface area contributed by atoms with Gasteiger partial charge in [0, 0.05) is 32.5 Å². The van der Waals surface area contributed by atoms with Crippen LogP contribution in [-0.2, 0) is 24.2 Å². The first-order chi connectivity index (χ1) is 12.3. The summed E-state index contributed by atoms with van der Waals surface area (Å²) in [6, 6.07) is 10.4. The quantitative estimate of drug-likeness (QED) is 0.778. The molecule has 0 bridgehead atoms. The first kappa shape index (κ1) is 17.6. The molecule has 5 heteroatoms. The Morgan fingerprint density at radius 1 is 1.20 bits per heavy atom. The van der Waals surface area contributed by atoms with Crippen LogP contribution in [0.4, 0.5) is 0 Å². The molecule has 0 spiro atoms. The molecule has 1 aliphatic heterocycles. The monoisotopic (exact) mass is 340 g/mol. The molecule has 134 valence electrons. The van der Waals surface area contributed by atoms with E-state index in [1.165, 1.54) is 5.56 Å². The van der Waals surface area contributed by atoms with Gasteiger partial charge >= 0.3 is 0 Å². The van der Waals surface area contributed by atoms with Crippen molar-refractivity contribution in [1.29, 1.82) is 0 Å². The van der Waals surface area contributed by atoms with Crippen molar-refractivity contribution in [2.75, 3.05) is 13.1 Å². The van der Waals surface area contributed by atoms with E-state index in [-0.39, 0.29) is 0 Å². The normalized spacial score (nSPS) is 15.5. The van der Waals surface area contributed by atoms with E-state index in [1.54, 1.807) is 6.33 Å². The fraction of sp³-hybridized carbons (Fsp3) is 0.550. The van der Waals surface area contributed by atoms with E-state index in [2.05, 4.69) is 46.0 Å². The van der Waals surface area contributed by atoms with Gasteiger partial charge in [-0.1, -0.05) is 30.3 Å². The van der Waals surface area contributed by atoms with Gasteiger partial charge in [-0.25, -0.2) is 0 Å². The maximum absolute atomic E-state index is 12.4. The molecule has 5 nitrogen and oxygen atoms in total. The summed E-state index contributed by atoms with van der Waals surface area (Å²) < 4.78 is 2.11. The van der Waals surface area contributed by atoms with Crippen LogP contribution in [0.2, 0.25) is 0 Å². The number of likely N-dealkylation sites (tertiary alicyclic amines) is 1. The molecule has 0 unspecified atom stereocenters. The summed E-state index contributed by atoms with van der Waals surface area (Å²) >= 11 is 0. The largest absolute Gasteiger partial charge is 0.343 e. The molecular weight excluding hydrogens is 312 g/mol. The van der Waals surface area contributed by atoms with E-state index in [4.69, 9.17) is 0 Å². The van der Waals surface area contributed by atoms with Crippen LogP contribution in [-0.4, -0.2) is 38.7 Å². The lowest BCUT2D eigenvalue weighted by Crippen LogP contribution is -2.39. The average Bonchev–Trinajstić information content (AvgIpc) is 3.10. The minimum absolute atomic E-state index is 0.311. The molecule has 1 aromatic carbocycles. The minimum Gasteiger partial charge on any atom is -0.343 e. The number of carbonyl (C=O) groups excluding carboxylic acids is 1.